The van der Waals surface area contributed by atoms with Crippen molar-refractivity contribution in [3.8, 4) is 5.75 Å². The van der Waals surface area contributed by atoms with Crippen LogP contribution < -0.4 is 10.1 Å². The summed E-state index contributed by atoms with van der Waals surface area (Å²) in [7, 11) is 1.60. The molecule has 0 aliphatic heterocycles. The van der Waals surface area contributed by atoms with Gasteiger partial charge < -0.3 is 10.1 Å². The van der Waals surface area contributed by atoms with Gasteiger partial charge >= 0.3 is 0 Å². The topological polar surface area (TPSA) is 41.6 Å². The van der Waals surface area contributed by atoms with Crippen molar-refractivity contribution < 1.29 is 13.9 Å². The number of amides is 1. The van der Waals surface area contributed by atoms with E-state index in [1.54, 1.807) is 43.5 Å². The first-order chi connectivity index (χ1) is 11.5. The second-order valence-electron chi connectivity index (χ2n) is 5.57. The summed E-state index contributed by atoms with van der Waals surface area (Å²) in [6.45, 7) is 4.99. The van der Waals surface area contributed by atoms with Crippen molar-refractivity contribution in [1.29, 1.82) is 0 Å². The van der Waals surface area contributed by atoms with Crippen LogP contribution in [0.2, 0.25) is 0 Å². The molecule has 0 aromatic heterocycles. The van der Waals surface area contributed by atoms with E-state index in [9.17, 15) is 9.18 Å². The first-order valence-electron chi connectivity index (χ1n) is 7.97. The first kappa shape index (κ1) is 17.9. The third-order valence-corrected chi connectivity index (χ3v) is 4.03. The van der Waals surface area contributed by atoms with Crippen molar-refractivity contribution in [2.75, 3.05) is 25.5 Å². The van der Waals surface area contributed by atoms with Crippen LogP contribution in [0.4, 0.5) is 10.1 Å². The minimum absolute atomic E-state index is 0.0252. The van der Waals surface area contributed by atoms with Crippen molar-refractivity contribution >= 4 is 11.6 Å². The zero-order chi connectivity index (χ0) is 17.5. The number of anilines is 1. The maximum absolute atomic E-state index is 13.1. The number of carbonyl (C=O) groups is 1. The second kappa shape index (κ2) is 8.45. The molecule has 0 heterocycles. The fraction of sp³-hybridized carbons (Fsp3) is 0.316. The molecule has 5 heteroatoms. The Morgan fingerprint density at radius 3 is 2.33 bits per heavy atom. The summed E-state index contributed by atoms with van der Waals surface area (Å²) in [6, 6.07) is 13.6. The molecule has 0 bridgehead atoms. The van der Waals surface area contributed by atoms with Crippen molar-refractivity contribution in [2.24, 2.45) is 0 Å². The van der Waals surface area contributed by atoms with E-state index in [4.69, 9.17) is 4.74 Å². The molecule has 0 fully saturated rings. The summed E-state index contributed by atoms with van der Waals surface area (Å²) in [4.78, 5) is 14.3. The van der Waals surface area contributed by atoms with E-state index in [-0.39, 0.29) is 24.3 Å². The lowest BCUT2D eigenvalue weighted by molar-refractivity contribution is -0.117. The van der Waals surface area contributed by atoms with Gasteiger partial charge in [-0.1, -0.05) is 19.1 Å². The van der Waals surface area contributed by atoms with Crippen molar-refractivity contribution in [3.05, 3.63) is 59.9 Å². The molecule has 0 aliphatic carbocycles. The molecule has 0 radical (unpaired) electrons. The lowest BCUT2D eigenvalue weighted by atomic mass is 10.1. The normalized spacial score (nSPS) is 12.0. The van der Waals surface area contributed by atoms with Gasteiger partial charge in [-0.15, -0.1) is 0 Å². The molecule has 0 saturated heterocycles. The molecule has 1 amide bonds. The summed E-state index contributed by atoms with van der Waals surface area (Å²) >= 11 is 0. The van der Waals surface area contributed by atoms with Gasteiger partial charge in [0.15, 0.2) is 0 Å². The average molecular weight is 330 g/mol. The zero-order valence-corrected chi connectivity index (χ0v) is 14.3. The second-order valence-corrected chi connectivity index (χ2v) is 5.57. The van der Waals surface area contributed by atoms with Crippen LogP contribution in [0.15, 0.2) is 48.5 Å². The number of benzene rings is 2. The van der Waals surface area contributed by atoms with Crippen LogP contribution in [-0.4, -0.2) is 31.0 Å². The molecule has 0 saturated carbocycles. The molecular weight excluding hydrogens is 307 g/mol. The van der Waals surface area contributed by atoms with Gasteiger partial charge in [0, 0.05) is 11.7 Å². The maximum Gasteiger partial charge on any atom is 0.238 e. The van der Waals surface area contributed by atoms with Crippen LogP contribution in [0.5, 0.6) is 5.75 Å². The highest BCUT2D eigenvalue weighted by atomic mass is 19.1. The number of nitrogens with one attached hydrogen (secondary N) is 1. The van der Waals surface area contributed by atoms with Crippen LogP contribution in [-0.2, 0) is 4.79 Å². The van der Waals surface area contributed by atoms with Gasteiger partial charge in [0.1, 0.15) is 11.6 Å². The molecule has 1 atom stereocenters. The Hall–Kier alpha value is -2.40. The van der Waals surface area contributed by atoms with Gasteiger partial charge in [0.05, 0.1) is 13.7 Å². The quantitative estimate of drug-likeness (QED) is 0.838. The van der Waals surface area contributed by atoms with Crippen molar-refractivity contribution in [1.82, 2.24) is 4.90 Å². The average Bonchev–Trinajstić information content (AvgIpc) is 2.60. The highest BCUT2D eigenvalue weighted by molar-refractivity contribution is 5.92. The van der Waals surface area contributed by atoms with E-state index in [0.717, 1.165) is 17.0 Å². The van der Waals surface area contributed by atoms with Gasteiger partial charge in [-0.25, -0.2) is 4.39 Å². The molecule has 0 aliphatic rings. The molecule has 0 unspecified atom stereocenters. The number of likely N-dealkylation sites (N-methyl/N-ethyl adjacent to an activating group) is 1. The minimum Gasteiger partial charge on any atom is -0.497 e. The Labute approximate surface area is 142 Å². The molecule has 0 spiro atoms. The number of ether oxygens (including phenoxy) is 1. The SMILES string of the molecule is CCN(CC(=O)Nc1ccc(OC)cc1)[C@@H](C)c1ccc(F)cc1. The van der Waals surface area contributed by atoms with Gasteiger partial charge in [-0.2, -0.15) is 0 Å². The summed E-state index contributed by atoms with van der Waals surface area (Å²) in [5.74, 6) is 0.398. The van der Waals surface area contributed by atoms with E-state index in [2.05, 4.69) is 5.32 Å². The summed E-state index contributed by atoms with van der Waals surface area (Å²) in [5.41, 5.74) is 1.71. The third-order valence-electron chi connectivity index (χ3n) is 4.03. The number of halogens is 1. The predicted molar refractivity (Wildman–Crippen MR) is 93.7 cm³/mol. The maximum atomic E-state index is 13.1. The third kappa shape index (κ3) is 4.80. The fourth-order valence-corrected chi connectivity index (χ4v) is 2.53. The Bertz CT molecular complexity index is 656. The van der Waals surface area contributed by atoms with E-state index < -0.39 is 0 Å². The number of nitrogens with zero attached hydrogens (tertiary/aromatic N) is 1. The predicted octanol–water partition coefficient (Wildman–Crippen LogP) is 3.86. The van der Waals surface area contributed by atoms with Gasteiger partial charge in [-0.05, 0) is 55.4 Å². The highest BCUT2D eigenvalue weighted by Gasteiger charge is 2.17. The van der Waals surface area contributed by atoms with Gasteiger partial charge in [0.25, 0.3) is 0 Å². The van der Waals surface area contributed by atoms with Crippen LogP contribution in [0.3, 0.4) is 0 Å². The Morgan fingerprint density at radius 1 is 1.17 bits per heavy atom. The Morgan fingerprint density at radius 2 is 1.79 bits per heavy atom. The summed E-state index contributed by atoms with van der Waals surface area (Å²) < 4.78 is 18.2. The molecule has 2 rings (SSSR count). The largest absolute Gasteiger partial charge is 0.497 e. The molecule has 1 N–H and O–H groups in total. The van der Waals surface area contributed by atoms with Gasteiger partial charge in [0.2, 0.25) is 5.91 Å². The van der Waals surface area contributed by atoms with Crippen LogP contribution in [0.25, 0.3) is 0 Å². The van der Waals surface area contributed by atoms with E-state index in [0.29, 0.717) is 6.54 Å². The van der Waals surface area contributed by atoms with Crippen LogP contribution in [0.1, 0.15) is 25.5 Å². The number of hydrogen-bond donors (Lipinski definition) is 1. The van der Waals surface area contributed by atoms with E-state index in [1.165, 1.54) is 12.1 Å². The number of rotatable bonds is 7. The molecule has 24 heavy (non-hydrogen) atoms. The van der Waals surface area contributed by atoms with Crippen LogP contribution in [0, 0.1) is 5.82 Å². The molecule has 2 aromatic rings. The van der Waals surface area contributed by atoms with E-state index >= 15 is 0 Å². The smallest absolute Gasteiger partial charge is 0.238 e. The highest BCUT2D eigenvalue weighted by Crippen LogP contribution is 2.20. The lowest BCUT2D eigenvalue weighted by Gasteiger charge is -2.27. The molecule has 2 aromatic carbocycles. The Balaban J connectivity index is 1.97. The molecule has 4 nitrogen and oxygen atoms in total. The first-order valence-corrected chi connectivity index (χ1v) is 7.97. The van der Waals surface area contributed by atoms with E-state index in [1.807, 2.05) is 18.7 Å². The van der Waals surface area contributed by atoms with Crippen LogP contribution >= 0.6 is 0 Å². The molecular formula is C19H23FN2O2. The van der Waals surface area contributed by atoms with Crippen molar-refractivity contribution in [2.45, 2.75) is 19.9 Å². The monoisotopic (exact) mass is 330 g/mol. The summed E-state index contributed by atoms with van der Waals surface area (Å²) in [6.07, 6.45) is 0. The number of carbonyl (C=O) groups excluding carboxylic acids is 1. The Kier molecular flexibility index (Phi) is 6.32. The number of hydrogen-bond acceptors (Lipinski definition) is 3. The molecule has 128 valence electrons. The standard InChI is InChI=1S/C19H23FN2O2/c1-4-22(14(2)15-5-7-16(20)8-6-15)13-19(23)21-17-9-11-18(24-3)12-10-17/h5-12,14H,4,13H2,1-3H3,(H,21,23)/t14-/m0/s1. The fourth-order valence-electron chi connectivity index (χ4n) is 2.53. The summed E-state index contributed by atoms with van der Waals surface area (Å²) in [5, 5.41) is 2.88. The van der Waals surface area contributed by atoms with Gasteiger partial charge in [-0.3, -0.25) is 9.69 Å². The lowest BCUT2D eigenvalue weighted by Crippen LogP contribution is -2.35. The zero-order valence-electron chi connectivity index (χ0n) is 14.3. The van der Waals surface area contributed by atoms with Crippen molar-refractivity contribution in [3.63, 3.8) is 0 Å². The number of methoxy groups -OCH3 is 1. The minimum atomic E-state index is -0.258.